The van der Waals surface area contributed by atoms with E-state index in [2.05, 4.69) is 10.8 Å². The number of anilines is 2. The maximum absolute atomic E-state index is 14.6. The third kappa shape index (κ3) is 3.65. The minimum absolute atomic E-state index is 0.0158. The molecule has 31 heavy (non-hydrogen) atoms. The first-order valence-corrected chi connectivity index (χ1v) is 9.66. The molecule has 1 fully saturated rings. The predicted octanol–water partition coefficient (Wildman–Crippen LogP) is 3.34. The number of hydrogen-bond donors (Lipinski definition) is 0. The van der Waals surface area contributed by atoms with E-state index in [1.807, 2.05) is 0 Å². The number of hydrogen-bond acceptors (Lipinski definition) is 6. The highest BCUT2D eigenvalue weighted by molar-refractivity contribution is 7.81. The maximum Gasteiger partial charge on any atom is 0.340 e. The fourth-order valence-electron chi connectivity index (χ4n) is 3.60. The van der Waals surface area contributed by atoms with E-state index in [1.54, 1.807) is 32.0 Å². The van der Waals surface area contributed by atoms with Gasteiger partial charge in [0.25, 0.3) is 5.91 Å². The van der Waals surface area contributed by atoms with Gasteiger partial charge in [-0.3, -0.25) is 9.69 Å². The van der Waals surface area contributed by atoms with E-state index in [-0.39, 0.29) is 28.9 Å². The van der Waals surface area contributed by atoms with Crippen molar-refractivity contribution in [2.45, 2.75) is 19.4 Å². The number of carbonyl (C=O) groups is 2. The Labute approximate surface area is 184 Å². The molecule has 9 heteroatoms. The van der Waals surface area contributed by atoms with E-state index in [4.69, 9.17) is 17.0 Å². The normalized spacial score (nSPS) is 18.3. The van der Waals surface area contributed by atoms with Crippen molar-refractivity contribution in [1.82, 2.24) is 0 Å². The van der Waals surface area contributed by atoms with E-state index in [0.29, 0.717) is 16.8 Å². The molecule has 1 amide bonds. The fraction of sp³-hybridized carbons (Fsp3) is 0.273. The summed E-state index contributed by atoms with van der Waals surface area (Å²) in [7, 11) is 2.62. The summed E-state index contributed by atoms with van der Waals surface area (Å²) in [5, 5.41) is 9.30. The van der Waals surface area contributed by atoms with Gasteiger partial charge in [0.1, 0.15) is 11.4 Å². The summed E-state index contributed by atoms with van der Waals surface area (Å²) >= 11 is 5.62. The van der Waals surface area contributed by atoms with Crippen LogP contribution in [0.25, 0.3) is 0 Å². The van der Waals surface area contributed by atoms with Crippen molar-refractivity contribution >= 4 is 40.6 Å². The third-order valence-electron chi connectivity index (χ3n) is 5.17. The largest absolute Gasteiger partial charge is 0.465 e. The molecule has 0 bridgehead atoms. The lowest BCUT2D eigenvalue weighted by molar-refractivity contribution is -0.122. The molecule has 0 unspecified atom stereocenters. The van der Waals surface area contributed by atoms with Crippen LogP contribution in [-0.2, 0) is 14.3 Å². The molecule has 7 nitrogen and oxygen atoms in total. The summed E-state index contributed by atoms with van der Waals surface area (Å²) in [6.07, 6.45) is 0. The molecule has 0 N–H and O–H groups in total. The van der Waals surface area contributed by atoms with Crippen molar-refractivity contribution in [1.29, 1.82) is 5.26 Å². The monoisotopic (exact) mass is 441 g/mol. The zero-order valence-corrected chi connectivity index (χ0v) is 18.2. The second-order valence-corrected chi connectivity index (χ2v) is 7.60. The van der Waals surface area contributed by atoms with Crippen LogP contribution in [-0.4, -0.2) is 43.4 Å². The van der Waals surface area contributed by atoms with Gasteiger partial charge < -0.3 is 14.4 Å². The summed E-state index contributed by atoms with van der Waals surface area (Å²) in [6.45, 7) is 3.39. The van der Waals surface area contributed by atoms with Gasteiger partial charge >= 0.3 is 5.97 Å². The number of amides is 1. The molecule has 1 aliphatic heterocycles. The maximum atomic E-state index is 14.6. The molecule has 160 valence electrons. The molecule has 0 aromatic heterocycles. The molecule has 0 radical (unpaired) electrons. The van der Waals surface area contributed by atoms with Crippen molar-refractivity contribution in [2.24, 2.45) is 0 Å². The first-order valence-electron chi connectivity index (χ1n) is 9.26. The molecule has 0 saturated carbocycles. The molecule has 1 atom stereocenters. The van der Waals surface area contributed by atoms with E-state index in [1.165, 1.54) is 29.0 Å². The van der Waals surface area contributed by atoms with Crippen LogP contribution in [0.1, 0.15) is 28.4 Å². The number of benzene rings is 2. The zero-order chi connectivity index (χ0) is 22.9. The number of thiocarbonyl (C=S) groups is 1. The van der Waals surface area contributed by atoms with Crippen molar-refractivity contribution in [2.75, 3.05) is 30.6 Å². The predicted molar refractivity (Wildman–Crippen MR) is 116 cm³/mol. The van der Waals surface area contributed by atoms with Gasteiger partial charge in [0.05, 0.1) is 36.6 Å². The van der Waals surface area contributed by atoms with Crippen LogP contribution in [0.4, 0.5) is 15.8 Å². The number of carbonyl (C=O) groups excluding carboxylic acids is 2. The van der Waals surface area contributed by atoms with E-state index < -0.39 is 17.3 Å². The molecule has 1 heterocycles. The van der Waals surface area contributed by atoms with Crippen LogP contribution in [0.5, 0.6) is 0 Å². The molecule has 2 aromatic rings. The minimum Gasteiger partial charge on any atom is -0.465 e. The Morgan fingerprint density at radius 2 is 1.90 bits per heavy atom. The Morgan fingerprint density at radius 3 is 2.45 bits per heavy atom. The summed E-state index contributed by atoms with van der Waals surface area (Å²) in [5.41, 5.74) is 0.469. The molecule has 3 rings (SSSR count). The van der Waals surface area contributed by atoms with E-state index in [9.17, 15) is 19.2 Å². The van der Waals surface area contributed by atoms with Crippen molar-refractivity contribution < 1.29 is 23.5 Å². The lowest BCUT2D eigenvalue weighted by atomic mass is 10.00. The number of methoxy groups -OCH3 is 2. The number of ether oxygens (including phenoxy) is 2. The number of nitriles is 1. The third-order valence-corrected chi connectivity index (χ3v) is 5.54. The van der Waals surface area contributed by atoms with Crippen LogP contribution in [0, 0.1) is 24.1 Å². The molecule has 1 aliphatic rings. The van der Waals surface area contributed by atoms with Gasteiger partial charge in [-0.15, -0.1) is 0 Å². The van der Waals surface area contributed by atoms with E-state index in [0.717, 1.165) is 13.2 Å². The Morgan fingerprint density at radius 1 is 1.23 bits per heavy atom. The molecule has 0 aliphatic carbocycles. The van der Waals surface area contributed by atoms with Crippen LogP contribution in [0.15, 0.2) is 36.4 Å². The second-order valence-electron chi connectivity index (χ2n) is 7.23. The lowest BCUT2D eigenvalue weighted by Gasteiger charge is -2.32. The first kappa shape index (κ1) is 22.3. The standard InChI is InChI=1S/C22H20FN3O4S/c1-13-9-15(6-5-14(13)11-24)25-20(28)22(2,12-29-3)26(21(25)31)16-7-8-17(18(23)10-16)19(27)30-4/h5-10H,12H2,1-4H3/t22-/m1/s1. The fourth-order valence-corrected chi connectivity index (χ4v) is 4.09. The topological polar surface area (TPSA) is 82.9 Å². The Bertz CT molecular complexity index is 1130. The van der Waals surface area contributed by atoms with Crippen LogP contribution in [0.3, 0.4) is 0 Å². The number of nitrogens with zero attached hydrogens (tertiary/aromatic N) is 3. The molecular weight excluding hydrogens is 421 g/mol. The van der Waals surface area contributed by atoms with Gasteiger partial charge in [-0.05, 0) is 68.0 Å². The van der Waals surface area contributed by atoms with Crippen molar-refractivity contribution in [3.8, 4) is 6.07 Å². The highest BCUT2D eigenvalue weighted by Crippen LogP contribution is 2.37. The van der Waals surface area contributed by atoms with Gasteiger partial charge in [0, 0.05) is 12.8 Å². The average molecular weight is 441 g/mol. The zero-order valence-electron chi connectivity index (χ0n) is 17.4. The van der Waals surface area contributed by atoms with Crippen LogP contribution >= 0.6 is 12.2 Å². The quantitative estimate of drug-likeness (QED) is 0.520. The minimum atomic E-state index is -1.26. The summed E-state index contributed by atoms with van der Waals surface area (Å²) in [4.78, 5) is 28.0. The lowest BCUT2D eigenvalue weighted by Crippen LogP contribution is -2.51. The molecule has 0 spiro atoms. The highest BCUT2D eigenvalue weighted by Gasteiger charge is 2.53. The highest BCUT2D eigenvalue weighted by atomic mass is 32.1. The van der Waals surface area contributed by atoms with Gasteiger partial charge in [-0.2, -0.15) is 5.26 Å². The Balaban J connectivity index is 2.11. The van der Waals surface area contributed by atoms with Gasteiger partial charge in [0.2, 0.25) is 0 Å². The summed E-state index contributed by atoms with van der Waals surface area (Å²) < 4.78 is 24.5. The SMILES string of the molecule is COC[C@]1(C)C(=O)N(c2ccc(C#N)c(C)c2)C(=S)N1c1ccc(C(=O)OC)c(F)c1. The Kier molecular flexibility index (Phi) is 6.06. The first-order chi connectivity index (χ1) is 14.7. The summed E-state index contributed by atoms with van der Waals surface area (Å²) in [6, 6.07) is 10.9. The number of halogens is 1. The van der Waals surface area contributed by atoms with E-state index >= 15 is 0 Å². The number of aryl methyl sites for hydroxylation is 1. The smallest absolute Gasteiger partial charge is 0.340 e. The van der Waals surface area contributed by atoms with Gasteiger partial charge in [0.15, 0.2) is 5.11 Å². The summed E-state index contributed by atoms with van der Waals surface area (Å²) in [5.74, 6) is -1.97. The second kappa shape index (κ2) is 8.41. The van der Waals surface area contributed by atoms with Crippen LogP contribution in [0.2, 0.25) is 0 Å². The Hall–Kier alpha value is -3.35. The molecule has 1 saturated heterocycles. The van der Waals surface area contributed by atoms with Crippen LogP contribution < -0.4 is 9.80 Å². The van der Waals surface area contributed by atoms with Crippen molar-refractivity contribution in [3.05, 3.63) is 58.9 Å². The van der Waals surface area contributed by atoms with Crippen molar-refractivity contribution in [3.63, 3.8) is 0 Å². The van der Waals surface area contributed by atoms with Gasteiger partial charge in [-0.25, -0.2) is 9.18 Å². The van der Waals surface area contributed by atoms with Gasteiger partial charge in [-0.1, -0.05) is 0 Å². The number of esters is 1. The molecular formula is C22H20FN3O4S. The molecule has 2 aromatic carbocycles. The number of rotatable bonds is 5. The average Bonchev–Trinajstić information content (AvgIpc) is 2.92.